The van der Waals surface area contributed by atoms with Crippen LogP contribution >= 0.6 is 0 Å². The van der Waals surface area contributed by atoms with Gasteiger partial charge in [-0.05, 0) is 82.9 Å². The number of nitrogens with zero attached hydrogens (tertiary/aromatic N) is 3. The van der Waals surface area contributed by atoms with E-state index in [1.807, 2.05) is 18.2 Å². The Bertz CT molecular complexity index is 3410. The van der Waals surface area contributed by atoms with Crippen LogP contribution in [0.3, 0.4) is 0 Å². The van der Waals surface area contributed by atoms with Gasteiger partial charge in [-0.15, -0.1) is 0 Å². The van der Waals surface area contributed by atoms with Gasteiger partial charge in [0, 0.05) is 16.7 Å². The normalized spacial score (nSPS) is 12.7. The molecule has 0 amide bonds. The van der Waals surface area contributed by atoms with E-state index in [9.17, 15) is 0 Å². The first kappa shape index (κ1) is 35.0. The summed E-state index contributed by atoms with van der Waals surface area (Å²) >= 11 is 0. The molecule has 3 heteroatoms. The average Bonchev–Trinajstić information content (AvgIpc) is 3.65. The van der Waals surface area contributed by atoms with Crippen LogP contribution in [0.2, 0.25) is 0 Å². The molecule has 0 radical (unpaired) electrons. The molecule has 11 aromatic rings. The molecule has 0 atom stereocenters. The van der Waals surface area contributed by atoms with Gasteiger partial charge < -0.3 is 0 Å². The van der Waals surface area contributed by atoms with Gasteiger partial charge in [0.15, 0.2) is 17.5 Å². The summed E-state index contributed by atoms with van der Waals surface area (Å²) in [5, 5.41) is 7.42. The molecule has 0 fully saturated rings. The third kappa shape index (κ3) is 5.48. The number of fused-ring (bicyclic) bond motifs is 7. The van der Waals surface area contributed by atoms with Crippen molar-refractivity contribution < 1.29 is 0 Å². The number of rotatable bonds is 6. The Balaban J connectivity index is 1.07. The van der Waals surface area contributed by atoms with Gasteiger partial charge in [-0.1, -0.05) is 218 Å². The Kier molecular flexibility index (Phi) is 8.07. The Morgan fingerprint density at radius 3 is 1.52 bits per heavy atom. The second-order valence-corrected chi connectivity index (χ2v) is 15.9. The molecule has 0 spiro atoms. The minimum Gasteiger partial charge on any atom is -0.208 e. The molecule has 3 nitrogen and oxygen atoms in total. The van der Waals surface area contributed by atoms with E-state index < -0.39 is 5.41 Å². The van der Waals surface area contributed by atoms with Crippen molar-refractivity contribution in [2.45, 2.75) is 5.41 Å². The fraction of sp³-hybridized carbons (Fsp3) is 0.0172. The van der Waals surface area contributed by atoms with Crippen LogP contribution in [-0.2, 0) is 5.41 Å². The summed E-state index contributed by atoms with van der Waals surface area (Å²) in [6, 6.07) is 80.5. The summed E-state index contributed by atoms with van der Waals surface area (Å²) < 4.78 is 0. The summed E-state index contributed by atoms with van der Waals surface area (Å²) in [5.41, 5.74) is 11.9. The minimum atomic E-state index is -0.532. The van der Waals surface area contributed by atoms with Gasteiger partial charge in [0.1, 0.15) is 0 Å². The lowest BCUT2D eigenvalue weighted by Crippen LogP contribution is -2.28. The van der Waals surface area contributed by atoms with Crippen molar-refractivity contribution in [1.82, 2.24) is 15.0 Å². The van der Waals surface area contributed by atoms with Crippen molar-refractivity contribution >= 4 is 32.3 Å². The molecule has 1 heterocycles. The monoisotopic (exact) mass is 775 g/mol. The lowest BCUT2D eigenvalue weighted by atomic mass is 9.67. The van der Waals surface area contributed by atoms with Crippen LogP contribution in [0.1, 0.15) is 22.3 Å². The van der Waals surface area contributed by atoms with Gasteiger partial charge in [0.25, 0.3) is 0 Å². The van der Waals surface area contributed by atoms with E-state index in [2.05, 4.69) is 206 Å². The summed E-state index contributed by atoms with van der Waals surface area (Å²) in [4.78, 5) is 15.8. The van der Waals surface area contributed by atoms with Crippen LogP contribution in [0.4, 0.5) is 0 Å². The zero-order valence-corrected chi connectivity index (χ0v) is 33.2. The van der Waals surface area contributed by atoms with Crippen molar-refractivity contribution in [2.75, 3.05) is 0 Å². The first-order chi connectivity index (χ1) is 30.3. The average molecular weight is 776 g/mol. The first-order valence-corrected chi connectivity index (χ1v) is 20.9. The summed E-state index contributed by atoms with van der Waals surface area (Å²) in [5.74, 6) is 1.91. The standard InChI is InChI=1S/C58H37N3/c1-4-18-40(19-5-1)55-59-56(41-34-32-39(33-35-41)52-47-26-13-11-20-42(47)37-43-36-31-38-17-10-12-25-46(38)53(43)52)61-57(60-55)49-28-16-30-51-54(49)48-27-14-15-29-50(48)58(51,44-21-6-2-7-22-44)45-23-8-3-9-24-45/h1-37H. The van der Waals surface area contributed by atoms with Crippen molar-refractivity contribution in [3.63, 3.8) is 0 Å². The van der Waals surface area contributed by atoms with Gasteiger partial charge in [-0.25, -0.2) is 15.0 Å². The van der Waals surface area contributed by atoms with E-state index in [0.717, 1.165) is 27.8 Å². The van der Waals surface area contributed by atoms with Gasteiger partial charge in [-0.2, -0.15) is 0 Å². The Hall–Kier alpha value is -8.01. The van der Waals surface area contributed by atoms with Crippen molar-refractivity contribution in [2.24, 2.45) is 0 Å². The molecule has 1 aliphatic rings. The summed E-state index contributed by atoms with van der Waals surface area (Å²) in [7, 11) is 0. The van der Waals surface area contributed by atoms with E-state index in [1.165, 1.54) is 65.7 Å². The fourth-order valence-electron chi connectivity index (χ4n) is 9.95. The van der Waals surface area contributed by atoms with Gasteiger partial charge in [-0.3, -0.25) is 0 Å². The zero-order valence-electron chi connectivity index (χ0n) is 33.2. The smallest absolute Gasteiger partial charge is 0.164 e. The van der Waals surface area contributed by atoms with Crippen LogP contribution in [0, 0.1) is 0 Å². The molecule has 0 aliphatic heterocycles. The van der Waals surface area contributed by atoms with Crippen LogP contribution < -0.4 is 0 Å². The van der Waals surface area contributed by atoms with E-state index >= 15 is 0 Å². The minimum absolute atomic E-state index is 0.532. The molecule has 61 heavy (non-hydrogen) atoms. The third-order valence-corrected chi connectivity index (χ3v) is 12.6. The van der Waals surface area contributed by atoms with E-state index in [0.29, 0.717) is 17.5 Å². The zero-order chi connectivity index (χ0) is 40.3. The summed E-state index contributed by atoms with van der Waals surface area (Å²) in [6.07, 6.45) is 0. The van der Waals surface area contributed by atoms with Crippen molar-refractivity contribution in [3.8, 4) is 56.4 Å². The molecule has 284 valence electrons. The number of hydrogen-bond acceptors (Lipinski definition) is 3. The summed E-state index contributed by atoms with van der Waals surface area (Å²) in [6.45, 7) is 0. The molecular weight excluding hydrogens is 739 g/mol. The highest BCUT2D eigenvalue weighted by atomic mass is 15.0. The predicted molar refractivity (Wildman–Crippen MR) is 251 cm³/mol. The quantitative estimate of drug-likeness (QED) is 0.125. The highest BCUT2D eigenvalue weighted by Crippen LogP contribution is 2.58. The first-order valence-electron chi connectivity index (χ1n) is 20.9. The van der Waals surface area contributed by atoms with Crippen LogP contribution in [0.15, 0.2) is 224 Å². The molecule has 1 aromatic heterocycles. The van der Waals surface area contributed by atoms with Gasteiger partial charge >= 0.3 is 0 Å². The molecular formula is C58H37N3. The second kappa shape index (κ2) is 14.1. The maximum atomic E-state index is 5.36. The van der Waals surface area contributed by atoms with E-state index in [-0.39, 0.29) is 0 Å². The molecule has 0 unspecified atom stereocenters. The Morgan fingerprint density at radius 2 is 0.803 bits per heavy atom. The number of benzene rings is 10. The molecule has 0 saturated heterocycles. The topological polar surface area (TPSA) is 38.7 Å². The highest BCUT2D eigenvalue weighted by molar-refractivity contribution is 6.22. The van der Waals surface area contributed by atoms with Crippen LogP contribution in [0.25, 0.3) is 88.7 Å². The highest BCUT2D eigenvalue weighted by Gasteiger charge is 2.47. The molecule has 1 aliphatic carbocycles. The molecule has 10 aromatic carbocycles. The lowest BCUT2D eigenvalue weighted by Gasteiger charge is -2.33. The maximum Gasteiger partial charge on any atom is 0.164 e. The third-order valence-electron chi connectivity index (χ3n) is 12.6. The van der Waals surface area contributed by atoms with E-state index in [1.54, 1.807) is 0 Å². The Morgan fingerprint density at radius 1 is 0.295 bits per heavy atom. The van der Waals surface area contributed by atoms with Crippen molar-refractivity contribution in [1.29, 1.82) is 0 Å². The lowest BCUT2D eigenvalue weighted by molar-refractivity contribution is 0.768. The maximum absolute atomic E-state index is 5.36. The molecule has 12 rings (SSSR count). The number of aromatic nitrogens is 3. The molecule has 0 saturated carbocycles. The second-order valence-electron chi connectivity index (χ2n) is 15.9. The Labute approximate surface area is 354 Å². The predicted octanol–water partition coefficient (Wildman–Crippen LogP) is 14.4. The van der Waals surface area contributed by atoms with Crippen molar-refractivity contribution in [3.05, 3.63) is 247 Å². The number of hydrogen-bond donors (Lipinski definition) is 0. The van der Waals surface area contributed by atoms with E-state index in [4.69, 9.17) is 15.0 Å². The molecule has 0 N–H and O–H groups in total. The molecule has 0 bridgehead atoms. The van der Waals surface area contributed by atoms with Crippen LogP contribution in [-0.4, -0.2) is 15.0 Å². The SMILES string of the molecule is c1ccc(-c2nc(-c3ccc(-c4c5ccccc5cc5ccc6ccccc6c45)cc3)nc(-c3cccc4c3-c3ccccc3C4(c3ccccc3)c3ccccc3)n2)cc1. The van der Waals surface area contributed by atoms with Gasteiger partial charge in [0.05, 0.1) is 5.41 Å². The fourth-order valence-corrected chi connectivity index (χ4v) is 9.95. The van der Waals surface area contributed by atoms with Crippen LogP contribution in [0.5, 0.6) is 0 Å². The van der Waals surface area contributed by atoms with Gasteiger partial charge in [0.2, 0.25) is 0 Å². The largest absolute Gasteiger partial charge is 0.208 e.